The van der Waals surface area contributed by atoms with E-state index in [4.69, 9.17) is 10.5 Å². The standard InChI is InChI=1S/C23H28FN3O3/c1-12-13(2)27(18-9-23(3,4)10-19(28)20(12)18)15-7-16(24)21(22(25)29)17(8-15)26-14-5-6-30-11-14/h7-8,14,26H,5-6,9-11H2,1-4H3,(H2,25,29)/t14-/m0/s1. The topological polar surface area (TPSA) is 86.3 Å². The van der Waals surface area contributed by atoms with Crippen LogP contribution in [0.4, 0.5) is 10.1 Å². The number of Topliss-reactive ketones (excluding diaryl/α,β-unsaturated/α-hetero) is 1. The minimum Gasteiger partial charge on any atom is -0.379 e. The lowest BCUT2D eigenvalue weighted by Gasteiger charge is -2.30. The summed E-state index contributed by atoms with van der Waals surface area (Å²) in [5.41, 5.74) is 9.53. The quantitative estimate of drug-likeness (QED) is 0.800. The first-order valence-corrected chi connectivity index (χ1v) is 10.3. The third-order valence-electron chi connectivity index (χ3n) is 6.24. The molecule has 7 heteroatoms. The summed E-state index contributed by atoms with van der Waals surface area (Å²) in [6.45, 7) is 9.12. The van der Waals surface area contributed by atoms with Crippen LogP contribution < -0.4 is 11.1 Å². The molecule has 2 heterocycles. The number of hydrogen-bond acceptors (Lipinski definition) is 4. The molecule has 0 saturated carbocycles. The van der Waals surface area contributed by atoms with Crippen molar-refractivity contribution in [1.29, 1.82) is 0 Å². The number of nitrogens with two attached hydrogens (primary N) is 1. The Morgan fingerprint density at radius 3 is 2.67 bits per heavy atom. The average molecular weight is 413 g/mol. The Kier molecular flexibility index (Phi) is 4.97. The minimum atomic E-state index is -0.820. The van der Waals surface area contributed by atoms with Crippen molar-refractivity contribution in [1.82, 2.24) is 4.57 Å². The summed E-state index contributed by atoms with van der Waals surface area (Å²) in [4.78, 5) is 24.8. The van der Waals surface area contributed by atoms with E-state index in [0.29, 0.717) is 37.4 Å². The van der Waals surface area contributed by atoms with E-state index in [2.05, 4.69) is 19.2 Å². The maximum atomic E-state index is 15.1. The van der Waals surface area contributed by atoms with E-state index in [1.54, 1.807) is 6.07 Å². The van der Waals surface area contributed by atoms with Crippen LogP contribution in [0.25, 0.3) is 5.69 Å². The van der Waals surface area contributed by atoms with Gasteiger partial charge in [0.25, 0.3) is 5.91 Å². The normalized spacial score (nSPS) is 20.3. The molecule has 1 saturated heterocycles. The number of aromatic nitrogens is 1. The molecule has 2 aromatic rings. The number of carbonyl (C=O) groups excluding carboxylic acids is 2. The summed E-state index contributed by atoms with van der Waals surface area (Å²) in [6, 6.07) is 3.06. The van der Waals surface area contributed by atoms with E-state index in [1.165, 1.54) is 6.07 Å². The van der Waals surface area contributed by atoms with Gasteiger partial charge in [0, 0.05) is 30.0 Å². The van der Waals surface area contributed by atoms with Crippen LogP contribution in [0.15, 0.2) is 12.1 Å². The number of amides is 1. The molecule has 1 aliphatic heterocycles. The van der Waals surface area contributed by atoms with Crippen molar-refractivity contribution in [2.24, 2.45) is 11.1 Å². The van der Waals surface area contributed by atoms with Gasteiger partial charge in [-0.25, -0.2) is 4.39 Å². The predicted octanol–water partition coefficient (Wildman–Crippen LogP) is 3.69. The lowest BCUT2D eigenvalue weighted by atomic mass is 9.75. The van der Waals surface area contributed by atoms with Gasteiger partial charge < -0.3 is 20.4 Å². The van der Waals surface area contributed by atoms with Crippen LogP contribution in [0.1, 0.15) is 64.4 Å². The smallest absolute Gasteiger partial charge is 0.253 e. The van der Waals surface area contributed by atoms with E-state index in [1.807, 2.05) is 18.4 Å². The van der Waals surface area contributed by atoms with Gasteiger partial charge in [-0.2, -0.15) is 0 Å². The van der Waals surface area contributed by atoms with Gasteiger partial charge in [0.1, 0.15) is 5.82 Å². The molecule has 1 fully saturated rings. The molecule has 0 unspecified atom stereocenters. The zero-order chi connectivity index (χ0) is 21.8. The molecular formula is C23H28FN3O3. The van der Waals surface area contributed by atoms with Crippen molar-refractivity contribution in [2.45, 2.75) is 53.0 Å². The minimum absolute atomic E-state index is 0.0142. The molecule has 160 valence electrons. The van der Waals surface area contributed by atoms with Crippen molar-refractivity contribution in [2.75, 3.05) is 18.5 Å². The van der Waals surface area contributed by atoms with Crippen LogP contribution in [0.5, 0.6) is 0 Å². The molecule has 1 aromatic heterocycles. The first kappa shape index (κ1) is 20.6. The Bertz CT molecular complexity index is 1050. The fourth-order valence-corrected chi connectivity index (χ4v) is 4.76. The van der Waals surface area contributed by atoms with Crippen LogP contribution in [-0.4, -0.2) is 35.5 Å². The Labute approximate surface area is 175 Å². The van der Waals surface area contributed by atoms with Gasteiger partial charge in [-0.05, 0) is 49.8 Å². The van der Waals surface area contributed by atoms with Crippen LogP contribution in [-0.2, 0) is 11.2 Å². The third kappa shape index (κ3) is 3.41. The molecule has 30 heavy (non-hydrogen) atoms. The monoisotopic (exact) mass is 413 g/mol. The molecule has 2 aliphatic rings. The Balaban J connectivity index is 1.89. The van der Waals surface area contributed by atoms with Crippen molar-refractivity contribution in [3.05, 3.63) is 46.0 Å². The summed E-state index contributed by atoms with van der Waals surface area (Å²) >= 11 is 0. The fourth-order valence-electron chi connectivity index (χ4n) is 4.76. The first-order chi connectivity index (χ1) is 14.1. The SMILES string of the molecule is Cc1c2c(n(-c3cc(F)c(C(N)=O)c(N[C@H]4CCOC4)c3)c1C)CC(C)(C)CC2=O. The van der Waals surface area contributed by atoms with Gasteiger partial charge in [0.15, 0.2) is 5.78 Å². The van der Waals surface area contributed by atoms with Crippen LogP contribution in [0, 0.1) is 25.1 Å². The van der Waals surface area contributed by atoms with Gasteiger partial charge in [0.2, 0.25) is 0 Å². The maximum absolute atomic E-state index is 15.1. The second kappa shape index (κ2) is 7.23. The van der Waals surface area contributed by atoms with Gasteiger partial charge in [-0.15, -0.1) is 0 Å². The summed E-state index contributed by atoms with van der Waals surface area (Å²) in [6.07, 6.45) is 1.97. The number of fused-ring (bicyclic) bond motifs is 1. The second-order valence-corrected chi connectivity index (χ2v) is 9.23. The van der Waals surface area contributed by atoms with Crippen LogP contribution in [0.3, 0.4) is 0 Å². The average Bonchev–Trinajstić information content (AvgIpc) is 3.20. The summed E-state index contributed by atoms with van der Waals surface area (Å²) in [5, 5.41) is 3.23. The Morgan fingerprint density at radius 2 is 2.03 bits per heavy atom. The molecule has 6 nitrogen and oxygen atoms in total. The second-order valence-electron chi connectivity index (χ2n) is 9.23. The van der Waals surface area contributed by atoms with Gasteiger partial charge in [-0.3, -0.25) is 9.59 Å². The van der Waals surface area contributed by atoms with E-state index in [-0.39, 0.29) is 22.8 Å². The fraction of sp³-hybridized carbons (Fsp3) is 0.478. The summed E-state index contributed by atoms with van der Waals surface area (Å²) in [7, 11) is 0. The largest absolute Gasteiger partial charge is 0.379 e. The Morgan fingerprint density at radius 1 is 1.30 bits per heavy atom. The van der Waals surface area contributed by atoms with Gasteiger partial charge in [-0.1, -0.05) is 13.8 Å². The molecule has 1 amide bonds. The number of primary amides is 1. The predicted molar refractivity (Wildman–Crippen MR) is 113 cm³/mol. The number of anilines is 1. The number of nitrogens with zero attached hydrogens (tertiary/aromatic N) is 1. The number of ether oxygens (including phenoxy) is 1. The first-order valence-electron chi connectivity index (χ1n) is 10.3. The molecule has 1 aromatic carbocycles. The highest BCUT2D eigenvalue weighted by atomic mass is 19.1. The summed E-state index contributed by atoms with van der Waals surface area (Å²) < 4.78 is 22.4. The molecule has 1 aliphatic carbocycles. The number of hydrogen-bond donors (Lipinski definition) is 2. The lowest BCUT2D eigenvalue weighted by molar-refractivity contribution is 0.0909. The molecule has 0 bridgehead atoms. The zero-order valence-electron chi connectivity index (χ0n) is 17.9. The number of halogens is 1. The van der Waals surface area contributed by atoms with E-state index < -0.39 is 11.7 Å². The maximum Gasteiger partial charge on any atom is 0.253 e. The number of nitrogens with one attached hydrogen (secondary N) is 1. The zero-order valence-corrected chi connectivity index (χ0v) is 17.9. The lowest BCUT2D eigenvalue weighted by Crippen LogP contribution is -2.28. The van der Waals surface area contributed by atoms with Crippen LogP contribution >= 0.6 is 0 Å². The molecular weight excluding hydrogens is 385 g/mol. The van der Waals surface area contributed by atoms with Gasteiger partial charge in [0.05, 0.1) is 29.6 Å². The highest BCUT2D eigenvalue weighted by molar-refractivity contribution is 6.01. The number of rotatable bonds is 4. The number of benzene rings is 1. The summed E-state index contributed by atoms with van der Waals surface area (Å²) in [5.74, 6) is -1.38. The Hall–Kier alpha value is -2.67. The molecule has 0 radical (unpaired) electrons. The molecule has 4 rings (SSSR count). The highest BCUT2D eigenvalue weighted by Gasteiger charge is 2.36. The highest BCUT2D eigenvalue weighted by Crippen LogP contribution is 2.40. The molecule has 0 spiro atoms. The van der Waals surface area contributed by atoms with Crippen molar-refractivity contribution < 1.29 is 18.7 Å². The third-order valence-corrected chi connectivity index (χ3v) is 6.24. The number of ketones is 1. The van der Waals surface area contributed by atoms with Crippen molar-refractivity contribution in [3.8, 4) is 5.69 Å². The number of carbonyl (C=O) groups is 2. The molecule has 3 N–H and O–H groups in total. The van der Waals surface area contributed by atoms with Gasteiger partial charge >= 0.3 is 0 Å². The van der Waals surface area contributed by atoms with Crippen molar-refractivity contribution >= 4 is 17.4 Å². The van der Waals surface area contributed by atoms with Crippen molar-refractivity contribution in [3.63, 3.8) is 0 Å². The van der Waals surface area contributed by atoms with E-state index in [0.717, 1.165) is 28.9 Å². The van der Waals surface area contributed by atoms with E-state index in [9.17, 15) is 9.59 Å². The van der Waals surface area contributed by atoms with E-state index >= 15 is 4.39 Å². The van der Waals surface area contributed by atoms with Crippen LogP contribution in [0.2, 0.25) is 0 Å². The molecule has 1 atom stereocenters.